The second-order valence-corrected chi connectivity index (χ2v) is 5.02. The molecule has 1 heterocycles. The maximum absolute atomic E-state index is 11.3. The summed E-state index contributed by atoms with van der Waals surface area (Å²) in [5, 5.41) is 0. The van der Waals surface area contributed by atoms with Crippen molar-refractivity contribution in [1.82, 2.24) is 0 Å². The van der Waals surface area contributed by atoms with Crippen molar-refractivity contribution in [3.63, 3.8) is 0 Å². The first kappa shape index (κ1) is 15.6. The smallest absolute Gasteiger partial charge is 0.438 e. The molecule has 0 aromatic rings. The molecule has 4 atom stereocenters. The average Bonchev–Trinajstić information content (AvgIpc) is 2.77. The van der Waals surface area contributed by atoms with Crippen molar-refractivity contribution in [2.75, 3.05) is 14.2 Å². The van der Waals surface area contributed by atoms with Crippen LogP contribution in [0.15, 0.2) is 12.2 Å². The zero-order chi connectivity index (χ0) is 15.6. The number of methoxy groups -OCH3 is 2. The Balaban J connectivity index is 2.16. The first-order valence-electron chi connectivity index (χ1n) is 6.39. The highest BCUT2D eigenvalue weighted by atomic mass is 16.8. The minimum absolute atomic E-state index is 0.612. The van der Waals surface area contributed by atoms with E-state index in [0.717, 1.165) is 0 Å². The monoisotopic (exact) mass is 302 g/mol. The first-order chi connectivity index (χ1) is 9.86. The van der Waals surface area contributed by atoms with E-state index >= 15 is 0 Å². The quantitative estimate of drug-likeness (QED) is 0.558. The normalized spacial score (nSPS) is 33.0. The summed E-state index contributed by atoms with van der Waals surface area (Å²) < 4.78 is 30.6. The largest absolute Gasteiger partial charge is 0.508 e. The van der Waals surface area contributed by atoms with E-state index in [1.165, 1.54) is 14.2 Å². The van der Waals surface area contributed by atoms with Crippen LogP contribution in [0, 0.1) is 0 Å². The van der Waals surface area contributed by atoms with Crippen LogP contribution in [0.1, 0.15) is 13.8 Å². The van der Waals surface area contributed by atoms with Gasteiger partial charge in [0.15, 0.2) is 18.0 Å². The van der Waals surface area contributed by atoms with E-state index in [-0.39, 0.29) is 0 Å². The van der Waals surface area contributed by atoms with Crippen LogP contribution in [0.4, 0.5) is 9.59 Å². The van der Waals surface area contributed by atoms with Gasteiger partial charge in [-0.3, -0.25) is 0 Å². The predicted octanol–water partition coefficient (Wildman–Crippen LogP) is 1.38. The highest BCUT2D eigenvalue weighted by Crippen LogP contribution is 2.36. The molecule has 1 aliphatic carbocycles. The maximum atomic E-state index is 11.3. The molecule has 0 spiro atoms. The van der Waals surface area contributed by atoms with Crippen molar-refractivity contribution in [3.8, 4) is 0 Å². The lowest BCUT2D eigenvalue weighted by atomic mass is 9.96. The second-order valence-electron chi connectivity index (χ2n) is 5.02. The fourth-order valence-electron chi connectivity index (χ4n) is 2.29. The Kier molecular flexibility index (Phi) is 4.38. The van der Waals surface area contributed by atoms with Crippen LogP contribution in [-0.4, -0.2) is 56.7 Å². The van der Waals surface area contributed by atoms with Gasteiger partial charge in [-0.15, -0.1) is 0 Å². The fourth-order valence-corrected chi connectivity index (χ4v) is 2.29. The topological polar surface area (TPSA) is 89.5 Å². The lowest BCUT2D eigenvalue weighted by molar-refractivity contribution is -0.157. The van der Waals surface area contributed by atoms with Gasteiger partial charge >= 0.3 is 12.3 Å². The van der Waals surface area contributed by atoms with Crippen molar-refractivity contribution in [2.24, 2.45) is 0 Å². The Morgan fingerprint density at radius 3 is 1.62 bits per heavy atom. The van der Waals surface area contributed by atoms with Gasteiger partial charge in [-0.05, 0) is 26.0 Å². The van der Waals surface area contributed by atoms with Crippen molar-refractivity contribution >= 4 is 12.3 Å². The maximum Gasteiger partial charge on any atom is 0.508 e. The van der Waals surface area contributed by atoms with Gasteiger partial charge in [-0.1, -0.05) is 0 Å². The minimum Gasteiger partial charge on any atom is -0.438 e. The molecule has 0 aromatic heterocycles. The number of carbonyl (C=O) groups excluding carboxylic acids is 2. The third-order valence-corrected chi connectivity index (χ3v) is 3.10. The Labute approximate surface area is 121 Å². The molecule has 118 valence electrons. The number of fused-ring (bicyclic) bond motifs is 1. The zero-order valence-corrected chi connectivity index (χ0v) is 12.2. The van der Waals surface area contributed by atoms with Gasteiger partial charge in [0.05, 0.1) is 14.2 Å². The number of carbonyl (C=O) groups is 2. The standard InChI is InChI=1S/C13H18O8/c1-13(2)20-9-7(18-11(14)16-3)5-6-8(10(9)21-13)19-12(15)17-4/h5-10H,1-4H3/t7-,8+,9+,10-. The van der Waals surface area contributed by atoms with Crippen molar-refractivity contribution < 1.29 is 38.0 Å². The van der Waals surface area contributed by atoms with Crippen LogP contribution < -0.4 is 0 Å². The molecule has 8 nitrogen and oxygen atoms in total. The third-order valence-electron chi connectivity index (χ3n) is 3.10. The van der Waals surface area contributed by atoms with Gasteiger partial charge in [-0.25, -0.2) is 9.59 Å². The zero-order valence-electron chi connectivity index (χ0n) is 12.2. The van der Waals surface area contributed by atoms with Crippen LogP contribution >= 0.6 is 0 Å². The predicted molar refractivity (Wildman–Crippen MR) is 67.5 cm³/mol. The van der Waals surface area contributed by atoms with Crippen LogP contribution in [0.2, 0.25) is 0 Å². The van der Waals surface area contributed by atoms with Crippen LogP contribution in [-0.2, 0) is 28.4 Å². The lowest BCUT2D eigenvalue weighted by Gasteiger charge is -2.30. The summed E-state index contributed by atoms with van der Waals surface area (Å²) in [5.41, 5.74) is 0. The number of ether oxygens (including phenoxy) is 6. The molecule has 1 aliphatic heterocycles. The van der Waals surface area contributed by atoms with Gasteiger partial charge in [0, 0.05) is 0 Å². The fraction of sp³-hybridized carbons (Fsp3) is 0.692. The SMILES string of the molecule is COC(=O)O[C@H]1C=C[C@@H](OC(=O)OC)[C@@H]2OC(C)(C)O[C@@H]21. The molecule has 1 saturated heterocycles. The molecule has 2 rings (SSSR count). The summed E-state index contributed by atoms with van der Waals surface area (Å²) in [6.07, 6.45) is -1.14. The molecule has 0 radical (unpaired) electrons. The molecule has 0 amide bonds. The third kappa shape index (κ3) is 3.45. The molecule has 0 saturated carbocycles. The van der Waals surface area contributed by atoms with Gasteiger partial charge in [0.2, 0.25) is 0 Å². The van der Waals surface area contributed by atoms with Crippen molar-refractivity contribution in [2.45, 2.75) is 44.1 Å². The van der Waals surface area contributed by atoms with Crippen LogP contribution in [0.3, 0.4) is 0 Å². The molecular formula is C13H18O8. The molecule has 8 heteroatoms. The molecule has 2 aliphatic rings. The van der Waals surface area contributed by atoms with E-state index in [4.69, 9.17) is 18.9 Å². The van der Waals surface area contributed by atoms with E-state index in [0.29, 0.717) is 0 Å². The summed E-state index contributed by atoms with van der Waals surface area (Å²) in [5.74, 6) is -0.892. The Bertz CT molecular complexity index is 405. The van der Waals surface area contributed by atoms with Gasteiger partial charge in [0.25, 0.3) is 0 Å². The molecule has 0 unspecified atom stereocenters. The summed E-state index contributed by atoms with van der Waals surface area (Å²) in [4.78, 5) is 22.5. The minimum atomic E-state index is -0.892. The highest BCUT2D eigenvalue weighted by molar-refractivity contribution is 5.61. The van der Waals surface area contributed by atoms with Crippen LogP contribution in [0.25, 0.3) is 0 Å². The lowest BCUT2D eigenvalue weighted by Crippen LogP contribution is -2.47. The Morgan fingerprint density at radius 2 is 1.29 bits per heavy atom. The molecule has 0 N–H and O–H groups in total. The summed E-state index contributed by atoms with van der Waals surface area (Å²) in [6, 6.07) is 0. The van der Waals surface area contributed by atoms with Crippen molar-refractivity contribution in [3.05, 3.63) is 12.2 Å². The first-order valence-corrected chi connectivity index (χ1v) is 6.39. The van der Waals surface area contributed by atoms with E-state index in [2.05, 4.69) is 9.47 Å². The van der Waals surface area contributed by atoms with E-state index in [1.807, 2.05) is 0 Å². The van der Waals surface area contributed by atoms with E-state index in [1.54, 1.807) is 26.0 Å². The highest BCUT2D eigenvalue weighted by Gasteiger charge is 2.52. The molecule has 0 aromatic carbocycles. The number of rotatable bonds is 2. The number of hydrogen-bond acceptors (Lipinski definition) is 8. The summed E-state index contributed by atoms with van der Waals surface area (Å²) >= 11 is 0. The molecular weight excluding hydrogens is 284 g/mol. The molecule has 0 bridgehead atoms. The summed E-state index contributed by atoms with van der Waals surface area (Å²) in [6.45, 7) is 3.44. The van der Waals surface area contributed by atoms with Gasteiger partial charge in [0.1, 0.15) is 12.2 Å². The number of hydrogen-bond donors (Lipinski definition) is 0. The average molecular weight is 302 g/mol. The molecule has 21 heavy (non-hydrogen) atoms. The van der Waals surface area contributed by atoms with Crippen molar-refractivity contribution in [1.29, 1.82) is 0 Å². The second kappa shape index (κ2) is 5.90. The Morgan fingerprint density at radius 1 is 0.905 bits per heavy atom. The summed E-state index contributed by atoms with van der Waals surface area (Å²) in [7, 11) is 2.43. The van der Waals surface area contributed by atoms with Crippen LogP contribution in [0.5, 0.6) is 0 Å². The Hall–Kier alpha value is -1.80. The van der Waals surface area contributed by atoms with E-state index < -0.39 is 42.5 Å². The van der Waals surface area contributed by atoms with Gasteiger partial charge in [-0.2, -0.15) is 0 Å². The van der Waals surface area contributed by atoms with E-state index in [9.17, 15) is 9.59 Å². The molecule has 1 fully saturated rings. The van der Waals surface area contributed by atoms with Gasteiger partial charge < -0.3 is 28.4 Å².